The summed E-state index contributed by atoms with van der Waals surface area (Å²) in [5.41, 5.74) is 1.22. The van der Waals surface area contributed by atoms with E-state index in [-0.39, 0.29) is 11.2 Å². The van der Waals surface area contributed by atoms with Crippen LogP contribution in [-0.2, 0) is 5.41 Å². The largest absolute Gasteiger partial charge is 0.207 e. The summed E-state index contributed by atoms with van der Waals surface area (Å²) in [4.78, 5) is 0. The summed E-state index contributed by atoms with van der Waals surface area (Å²) in [6.07, 6.45) is 3.69. The van der Waals surface area contributed by atoms with Crippen molar-refractivity contribution < 1.29 is 4.39 Å². The van der Waals surface area contributed by atoms with Crippen molar-refractivity contribution in [1.29, 1.82) is 0 Å². The van der Waals surface area contributed by atoms with Gasteiger partial charge in [0.1, 0.15) is 5.82 Å². The van der Waals surface area contributed by atoms with Crippen molar-refractivity contribution in [2.75, 3.05) is 0 Å². The van der Waals surface area contributed by atoms with E-state index in [9.17, 15) is 4.39 Å². The molecule has 0 bridgehead atoms. The lowest BCUT2D eigenvalue weighted by Gasteiger charge is -2.12. The van der Waals surface area contributed by atoms with E-state index in [0.29, 0.717) is 0 Å². The van der Waals surface area contributed by atoms with Crippen molar-refractivity contribution in [3.05, 3.63) is 35.6 Å². The van der Waals surface area contributed by atoms with Gasteiger partial charge in [0.2, 0.25) is 0 Å². The lowest BCUT2D eigenvalue weighted by molar-refractivity contribution is 0.530. The average Bonchev–Trinajstić information content (AvgIpc) is 2.84. The number of hydrogen-bond acceptors (Lipinski definition) is 0. The van der Waals surface area contributed by atoms with Gasteiger partial charge in [-0.1, -0.05) is 25.1 Å². The molecule has 0 spiro atoms. The molecule has 1 unspecified atom stereocenters. The van der Waals surface area contributed by atoms with Gasteiger partial charge in [0, 0.05) is 5.41 Å². The molecule has 1 aromatic rings. The molecule has 1 aromatic carbocycles. The van der Waals surface area contributed by atoms with E-state index in [4.69, 9.17) is 0 Å². The van der Waals surface area contributed by atoms with Crippen LogP contribution in [0.4, 0.5) is 4.39 Å². The third kappa shape index (κ3) is 0.930. The molecule has 0 amide bonds. The zero-order chi connectivity index (χ0) is 9.76. The molecule has 1 heteroatoms. The van der Waals surface area contributed by atoms with E-state index in [0.717, 1.165) is 17.4 Å². The molecule has 0 radical (unpaired) electrons. The predicted molar refractivity (Wildman–Crippen MR) is 54.6 cm³/mol. The predicted octanol–water partition coefficient (Wildman–Crippen LogP) is 3.51. The van der Waals surface area contributed by atoms with Crippen LogP contribution in [0.2, 0.25) is 0 Å². The molecule has 0 nitrogen and oxygen atoms in total. The summed E-state index contributed by atoms with van der Waals surface area (Å²) < 4.78 is 13.6. The lowest BCUT2D eigenvalue weighted by Crippen LogP contribution is -2.07. The Hall–Kier alpha value is -0.850. The average molecular weight is 190 g/mol. The van der Waals surface area contributed by atoms with Crippen LogP contribution in [0.5, 0.6) is 0 Å². The Morgan fingerprint density at radius 1 is 1.36 bits per heavy atom. The fourth-order valence-corrected chi connectivity index (χ4v) is 3.36. The summed E-state index contributed by atoms with van der Waals surface area (Å²) in [6.45, 7) is 2.31. The van der Waals surface area contributed by atoms with Crippen LogP contribution in [0, 0.1) is 17.7 Å². The normalized spacial score (nSPS) is 39.6. The Morgan fingerprint density at radius 2 is 2.14 bits per heavy atom. The molecular weight excluding hydrogens is 175 g/mol. The van der Waals surface area contributed by atoms with E-state index in [1.165, 1.54) is 19.3 Å². The molecular formula is C13H15F. The van der Waals surface area contributed by atoms with Crippen molar-refractivity contribution in [3.8, 4) is 0 Å². The van der Waals surface area contributed by atoms with E-state index >= 15 is 0 Å². The van der Waals surface area contributed by atoms with Gasteiger partial charge in [-0.15, -0.1) is 0 Å². The number of rotatable bonds is 1. The van der Waals surface area contributed by atoms with Gasteiger partial charge in [-0.2, -0.15) is 0 Å². The van der Waals surface area contributed by atoms with Crippen LogP contribution < -0.4 is 0 Å². The Bertz CT molecular complexity index is 371. The first-order valence-corrected chi connectivity index (χ1v) is 5.49. The molecule has 14 heavy (non-hydrogen) atoms. The molecule has 2 saturated carbocycles. The molecule has 0 N–H and O–H groups in total. The van der Waals surface area contributed by atoms with Crippen molar-refractivity contribution >= 4 is 0 Å². The molecule has 0 aromatic heterocycles. The van der Waals surface area contributed by atoms with Crippen molar-refractivity contribution in [2.24, 2.45) is 11.8 Å². The van der Waals surface area contributed by atoms with Gasteiger partial charge in [0.15, 0.2) is 0 Å². The number of fused-ring (bicyclic) bond motifs is 1. The number of hydrogen-bond donors (Lipinski definition) is 0. The third-order valence-corrected chi connectivity index (χ3v) is 4.28. The minimum atomic E-state index is 0.00380. The van der Waals surface area contributed by atoms with Gasteiger partial charge in [0.05, 0.1) is 0 Å². The highest BCUT2D eigenvalue weighted by molar-refractivity contribution is 5.37. The lowest BCUT2D eigenvalue weighted by atomic mass is 9.93. The first-order valence-electron chi connectivity index (χ1n) is 5.49. The van der Waals surface area contributed by atoms with Gasteiger partial charge >= 0.3 is 0 Å². The second-order valence-electron chi connectivity index (χ2n) is 4.96. The third-order valence-electron chi connectivity index (χ3n) is 4.28. The van der Waals surface area contributed by atoms with Crippen LogP contribution >= 0.6 is 0 Å². The van der Waals surface area contributed by atoms with Gasteiger partial charge in [0.25, 0.3) is 0 Å². The zero-order valence-electron chi connectivity index (χ0n) is 8.46. The topological polar surface area (TPSA) is 0 Å². The highest BCUT2D eigenvalue weighted by Gasteiger charge is 2.61. The zero-order valence-corrected chi connectivity index (χ0v) is 8.46. The van der Waals surface area contributed by atoms with Crippen molar-refractivity contribution in [1.82, 2.24) is 0 Å². The van der Waals surface area contributed by atoms with Crippen LogP contribution in [0.15, 0.2) is 24.3 Å². The Labute approximate surface area is 84.1 Å². The Morgan fingerprint density at radius 3 is 2.71 bits per heavy atom. The Balaban J connectivity index is 2.02. The van der Waals surface area contributed by atoms with Gasteiger partial charge < -0.3 is 0 Å². The van der Waals surface area contributed by atoms with Crippen LogP contribution in [0.25, 0.3) is 0 Å². The number of halogens is 1. The number of benzene rings is 1. The minimum Gasteiger partial charge on any atom is -0.207 e. The van der Waals surface area contributed by atoms with Gasteiger partial charge in [-0.3, -0.25) is 0 Å². The smallest absolute Gasteiger partial charge is 0.126 e. The minimum absolute atomic E-state index is 0.00380. The molecule has 3 atom stereocenters. The van der Waals surface area contributed by atoms with E-state index < -0.39 is 0 Å². The molecule has 0 heterocycles. The Kier molecular flexibility index (Phi) is 1.56. The first kappa shape index (κ1) is 8.46. The van der Waals surface area contributed by atoms with Crippen LogP contribution in [0.3, 0.4) is 0 Å². The fourth-order valence-electron chi connectivity index (χ4n) is 3.36. The molecule has 2 aliphatic carbocycles. The van der Waals surface area contributed by atoms with Gasteiger partial charge in [-0.05, 0) is 42.7 Å². The van der Waals surface area contributed by atoms with Crippen LogP contribution in [0.1, 0.15) is 31.7 Å². The van der Waals surface area contributed by atoms with Crippen LogP contribution in [-0.4, -0.2) is 0 Å². The van der Waals surface area contributed by atoms with E-state index in [2.05, 4.69) is 6.92 Å². The summed E-state index contributed by atoms with van der Waals surface area (Å²) in [5.74, 6) is 1.57. The summed E-state index contributed by atoms with van der Waals surface area (Å²) >= 11 is 0. The van der Waals surface area contributed by atoms with Crippen molar-refractivity contribution in [3.63, 3.8) is 0 Å². The molecule has 0 aliphatic heterocycles. The molecule has 2 aliphatic rings. The van der Waals surface area contributed by atoms with Crippen molar-refractivity contribution in [2.45, 2.75) is 31.6 Å². The highest BCUT2D eigenvalue weighted by atomic mass is 19.1. The quantitative estimate of drug-likeness (QED) is 0.635. The highest BCUT2D eigenvalue weighted by Crippen LogP contribution is 2.66. The standard InChI is InChI=1S/C13H15F/c1-9-6-7-13(8-11(9)13)10-4-2-3-5-12(10)14/h2-5,9,11H,6-8H2,1H3/t9-,11?,13-/m0/s1. The maximum Gasteiger partial charge on any atom is 0.126 e. The maximum atomic E-state index is 13.6. The van der Waals surface area contributed by atoms with Gasteiger partial charge in [-0.25, -0.2) is 4.39 Å². The maximum absolute atomic E-state index is 13.6. The first-order chi connectivity index (χ1) is 6.74. The molecule has 74 valence electrons. The van der Waals surface area contributed by atoms with E-state index in [1.54, 1.807) is 12.1 Å². The molecule has 0 saturated heterocycles. The molecule has 2 fully saturated rings. The second kappa shape index (κ2) is 2.59. The second-order valence-corrected chi connectivity index (χ2v) is 4.96. The van der Waals surface area contributed by atoms with E-state index in [1.807, 2.05) is 12.1 Å². The summed E-state index contributed by atoms with van der Waals surface area (Å²) in [5, 5.41) is 0. The molecule has 3 rings (SSSR count). The summed E-state index contributed by atoms with van der Waals surface area (Å²) in [6, 6.07) is 7.33. The fraction of sp³-hybridized carbons (Fsp3) is 0.538. The monoisotopic (exact) mass is 190 g/mol. The SMILES string of the molecule is C[C@H]1CC[C@@]2(c3ccccc3F)CC12. The summed E-state index contributed by atoms with van der Waals surface area (Å²) in [7, 11) is 0.